The molecule has 0 spiro atoms. The largest absolute Gasteiger partial charge is 2.00 e. The van der Waals surface area contributed by atoms with E-state index in [2.05, 4.69) is 91.6 Å². The summed E-state index contributed by atoms with van der Waals surface area (Å²) in [6, 6.07) is 44.8. The van der Waals surface area contributed by atoms with Gasteiger partial charge in [-0.25, -0.2) is 0 Å². The Hall–Kier alpha value is -3.92. The molecule has 0 saturated heterocycles. The van der Waals surface area contributed by atoms with Crippen molar-refractivity contribution < 1.29 is 21.1 Å². The van der Waals surface area contributed by atoms with Gasteiger partial charge in [0.15, 0.2) is 0 Å². The van der Waals surface area contributed by atoms with E-state index in [1.165, 1.54) is 0 Å². The van der Waals surface area contributed by atoms with Gasteiger partial charge in [0.25, 0.3) is 0 Å². The second-order valence-electron chi connectivity index (χ2n) is 10.8. The summed E-state index contributed by atoms with van der Waals surface area (Å²) in [5, 5.41) is 8.89. The van der Waals surface area contributed by atoms with E-state index in [4.69, 9.17) is 22.6 Å². The molecule has 0 amide bonds. The molecular weight excluding hydrogens is 716 g/mol. The monoisotopic (exact) mass is 747 g/mol. The zero-order valence-electron chi connectivity index (χ0n) is 23.8. The van der Waals surface area contributed by atoms with Crippen LogP contribution in [-0.4, -0.2) is 15.1 Å². The molecule has 0 aliphatic rings. The zero-order chi connectivity index (χ0) is 28.7. The van der Waals surface area contributed by atoms with Crippen LogP contribution in [0.3, 0.4) is 0 Å². The average Bonchev–Trinajstić information content (AvgIpc) is 3.52. The van der Waals surface area contributed by atoms with Crippen molar-refractivity contribution in [1.29, 1.82) is 0 Å². The van der Waals surface area contributed by atoms with Crippen LogP contribution in [0.4, 0.5) is 0 Å². The smallest absolute Gasteiger partial charge is 0.780 e. The maximum absolute atomic E-state index is 5.20. The minimum atomic E-state index is -0.688. The molecule has 0 unspecified atom stereocenters. The molecular formula is C36H32N4PtS. The van der Waals surface area contributed by atoms with Crippen LogP contribution in [0, 0.1) is 0 Å². The third kappa shape index (κ3) is 6.75. The van der Waals surface area contributed by atoms with Crippen LogP contribution < -0.4 is 5.10 Å². The van der Waals surface area contributed by atoms with E-state index in [9.17, 15) is 0 Å². The molecule has 3 aromatic heterocycles. The first-order valence-corrected chi connectivity index (χ1v) is 14.0. The number of hydrogen-bond donors (Lipinski definition) is 0. The number of aromatic nitrogens is 4. The van der Waals surface area contributed by atoms with E-state index < -0.39 is 5.41 Å². The van der Waals surface area contributed by atoms with Gasteiger partial charge in [0.2, 0.25) is 0 Å². The molecule has 3 aromatic carbocycles. The first-order chi connectivity index (χ1) is 19.9. The molecule has 0 bridgehead atoms. The van der Waals surface area contributed by atoms with Gasteiger partial charge in [0, 0.05) is 23.0 Å². The van der Waals surface area contributed by atoms with Crippen LogP contribution in [-0.2, 0) is 44.5 Å². The molecule has 0 fully saturated rings. The summed E-state index contributed by atoms with van der Waals surface area (Å²) in [4.78, 5) is 11.0. The van der Waals surface area contributed by atoms with Crippen LogP contribution in [0.2, 0.25) is 0 Å². The van der Waals surface area contributed by atoms with Crippen molar-refractivity contribution in [2.75, 3.05) is 0 Å². The van der Waals surface area contributed by atoms with Gasteiger partial charge in [0.1, 0.15) is 5.41 Å². The summed E-state index contributed by atoms with van der Waals surface area (Å²) in [6.45, 7) is 6.42. The summed E-state index contributed by atoms with van der Waals surface area (Å²) < 4.78 is 0. The Labute approximate surface area is 268 Å². The fourth-order valence-electron chi connectivity index (χ4n) is 4.84. The normalized spacial score (nSPS) is 11.1. The first kappa shape index (κ1) is 31.0. The standard InChI is InChI=1S/C30H27N4.C6H6S.Pt/c1-29(2,3)28-21-25(33-34-28)24-17-12-19-27(32-24)30(22-13-6-4-7-14-22,23-15-8-5-9-16-23)26-18-10-11-20-31-26;7-6-4-2-1-3-5-6;/h4-21H,1-3H3;1-5,7H;/q-1;;+2/p-1. The zero-order valence-corrected chi connectivity index (χ0v) is 26.9. The van der Waals surface area contributed by atoms with Gasteiger partial charge in [-0.2, -0.15) is 4.90 Å². The van der Waals surface area contributed by atoms with E-state index in [1.807, 2.05) is 79.0 Å². The van der Waals surface area contributed by atoms with Crippen molar-refractivity contribution in [3.05, 3.63) is 168 Å². The van der Waals surface area contributed by atoms with Gasteiger partial charge in [-0.1, -0.05) is 136 Å². The van der Waals surface area contributed by atoms with Gasteiger partial charge in [-0.05, 0) is 35.4 Å². The maximum Gasteiger partial charge on any atom is 2.00 e. The average molecular weight is 748 g/mol. The summed E-state index contributed by atoms with van der Waals surface area (Å²) in [5.74, 6) is 0. The van der Waals surface area contributed by atoms with Crippen molar-refractivity contribution in [2.24, 2.45) is 0 Å². The number of hydrogen-bond acceptors (Lipinski definition) is 4. The van der Waals surface area contributed by atoms with Crippen molar-refractivity contribution in [2.45, 2.75) is 36.5 Å². The van der Waals surface area contributed by atoms with Gasteiger partial charge in [0.05, 0.1) is 11.4 Å². The second kappa shape index (κ2) is 13.8. The Morgan fingerprint density at radius 1 is 0.595 bits per heavy atom. The second-order valence-corrected chi connectivity index (χ2v) is 11.3. The third-order valence-corrected chi connectivity index (χ3v) is 7.18. The molecule has 6 heteroatoms. The molecule has 0 atom stereocenters. The van der Waals surface area contributed by atoms with E-state index in [1.54, 1.807) is 0 Å². The van der Waals surface area contributed by atoms with Crippen LogP contribution >= 0.6 is 0 Å². The van der Waals surface area contributed by atoms with E-state index >= 15 is 0 Å². The van der Waals surface area contributed by atoms with Gasteiger partial charge in [-0.15, -0.1) is 0 Å². The van der Waals surface area contributed by atoms with Crippen molar-refractivity contribution in [1.82, 2.24) is 20.2 Å². The van der Waals surface area contributed by atoms with Crippen LogP contribution in [0.1, 0.15) is 49.0 Å². The minimum absolute atomic E-state index is 0. The molecule has 3 heterocycles. The van der Waals surface area contributed by atoms with Crippen LogP contribution in [0.15, 0.2) is 145 Å². The Balaban J connectivity index is 0.000000445. The Kier molecular flexibility index (Phi) is 10.2. The van der Waals surface area contributed by atoms with Crippen molar-refractivity contribution in [3.63, 3.8) is 0 Å². The quantitative estimate of drug-likeness (QED) is 0.169. The predicted octanol–water partition coefficient (Wildman–Crippen LogP) is 7.77. The summed E-state index contributed by atoms with van der Waals surface area (Å²) in [6.07, 6.45) is 1.85. The Morgan fingerprint density at radius 2 is 1.14 bits per heavy atom. The molecule has 0 saturated carbocycles. The molecule has 0 aliphatic carbocycles. The number of nitrogens with zero attached hydrogens (tertiary/aromatic N) is 4. The van der Waals surface area contributed by atoms with E-state index in [-0.39, 0.29) is 26.5 Å². The Morgan fingerprint density at radius 3 is 1.62 bits per heavy atom. The molecule has 212 valence electrons. The van der Waals surface area contributed by atoms with Crippen LogP contribution in [0.25, 0.3) is 11.4 Å². The third-order valence-electron chi connectivity index (χ3n) is 6.91. The molecule has 6 aromatic rings. The Bertz CT molecular complexity index is 1570. The van der Waals surface area contributed by atoms with Gasteiger partial charge >= 0.3 is 21.1 Å². The topological polar surface area (TPSA) is 52.8 Å². The molecule has 0 N–H and O–H groups in total. The molecule has 0 radical (unpaired) electrons. The number of rotatable bonds is 5. The summed E-state index contributed by atoms with van der Waals surface area (Å²) in [7, 11) is 0. The summed E-state index contributed by atoms with van der Waals surface area (Å²) in [5.41, 5.74) is 5.79. The molecule has 6 rings (SSSR count). The van der Waals surface area contributed by atoms with E-state index in [0.717, 1.165) is 44.5 Å². The number of benzene rings is 3. The fraction of sp³-hybridized carbons (Fsp3) is 0.139. The maximum atomic E-state index is 5.20. The predicted molar refractivity (Wildman–Crippen MR) is 168 cm³/mol. The summed E-state index contributed by atoms with van der Waals surface area (Å²) >= 11 is 4.81. The molecule has 0 aliphatic heterocycles. The van der Waals surface area contributed by atoms with E-state index in [0.29, 0.717) is 0 Å². The van der Waals surface area contributed by atoms with Crippen molar-refractivity contribution in [3.8, 4) is 11.4 Å². The minimum Gasteiger partial charge on any atom is -0.780 e. The SMILES string of the molecule is CC(C)(C)c1cc(-c2cccc(C(c3ccccc3)(c3ccccc3)c3ccccn3)n2)[n-]n1.[Pt+2].[S-]c1ccccc1. The van der Waals surface area contributed by atoms with Gasteiger partial charge in [-0.3, -0.25) is 9.97 Å². The van der Waals surface area contributed by atoms with Crippen LogP contribution in [0.5, 0.6) is 0 Å². The number of pyridine rings is 2. The fourth-order valence-corrected chi connectivity index (χ4v) is 5.00. The molecule has 42 heavy (non-hydrogen) atoms. The molecule has 4 nitrogen and oxygen atoms in total. The van der Waals surface area contributed by atoms with Crippen molar-refractivity contribution >= 4 is 12.6 Å². The first-order valence-electron chi connectivity index (χ1n) is 13.6. The van der Waals surface area contributed by atoms with Gasteiger partial charge < -0.3 is 22.8 Å².